The quantitative estimate of drug-likeness (QED) is 0.238. The van der Waals surface area contributed by atoms with Crippen molar-refractivity contribution in [2.24, 2.45) is 5.92 Å². The molecule has 0 radical (unpaired) electrons. The number of aromatic nitrogens is 1. The van der Waals surface area contributed by atoms with Gasteiger partial charge in [0.25, 0.3) is 0 Å². The summed E-state index contributed by atoms with van der Waals surface area (Å²) in [6.07, 6.45) is 6.45. The molecule has 0 saturated carbocycles. The van der Waals surface area contributed by atoms with E-state index in [1.54, 1.807) is 22.9 Å². The lowest BCUT2D eigenvalue weighted by molar-refractivity contribution is -0.147. The van der Waals surface area contributed by atoms with Gasteiger partial charge >= 0.3 is 0 Å². The number of piperidine rings is 1. The zero-order valence-electron chi connectivity index (χ0n) is 27.3. The predicted molar refractivity (Wildman–Crippen MR) is 172 cm³/mol. The highest BCUT2D eigenvalue weighted by atomic mass is 16.6. The molecule has 12 heteroatoms. The van der Waals surface area contributed by atoms with Gasteiger partial charge in [-0.05, 0) is 49.7 Å². The van der Waals surface area contributed by atoms with Crippen molar-refractivity contribution in [2.75, 3.05) is 13.7 Å². The van der Waals surface area contributed by atoms with E-state index in [9.17, 15) is 28.8 Å². The van der Waals surface area contributed by atoms with Crippen molar-refractivity contribution < 1.29 is 33.6 Å². The van der Waals surface area contributed by atoms with Crippen LogP contribution in [0, 0.1) is 5.92 Å². The Labute approximate surface area is 269 Å². The number of unbranched alkanes of at least 4 members (excludes halogenated alkanes) is 2. The molecule has 3 N–H and O–H groups in total. The largest absolute Gasteiger partial charge is 0.417 e. The Balaban J connectivity index is 1.65. The number of hydrogen-bond donors (Lipinski definition) is 3. The number of para-hydroxylation sites is 1. The van der Waals surface area contributed by atoms with E-state index in [1.807, 2.05) is 38.1 Å². The number of benzene rings is 1. The van der Waals surface area contributed by atoms with Crippen LogP contribution in [-0.2, 0) is 35.2 Å². The van der Waals surface area contributed by atoms with Crippen molar-refractivity contribution in [2.45, 2.75) is 109 Å². The first kappa shape index (κ1) is 34.6. The standard InChI is InChI=1S/C34H47N5O7/c1-5-21(2)30-34(45)38-18-12-11-16-28(38)33(44)35-25(14-7-6-8-17-29(41)22(3)40)31(42)36-26(32(43)37-30)19-23-20-39(46-4)27-15-10-9-13-24(23)27/h9-10,13,15,20-21,25-26,28,30H,5-8,11-12,14,16-19H2,1-4H3,(H,35,44)(H,36,42)(H,37,43)/t21?,25-,26-,28+,30-/m0/s1. The molecule has 4 rings (SSSR count). The molecular formula is C34H47N5O7. The number of carbonyl (C=O) groups excluding carboxylic acids is 6. The summed E-state index contributed by atoms with van der Waals surface area (Å²) in [6, 6.07) is 3.95. The highest BCUT2D eigenvalue weighted by Crippen LogP contribution is 2.24. The third kappa shape index (κ3) is 8.13. The number of amides is 4. The molecule has 12 nitrogen and oxygen atoms in total. The highest BCUT2D eigenvalue weighted by molar-refractivity contribution is 6.36. The molecule has 46 heavy (non-hydrogen) atoms. The lowest BCUT2D eigenvalue weighted by Gasteiger charge is -2.39. The van der Waals surface area contributed by atoms with Crippen LogP contribution in [-0.4, -0.2) is 82.6 Å². The molecule has 5 atom stereocenters. The Morgan fingerprint density at radius 3 is 2.39 bits per heavy atom. The number of rotatable bonds is 12. The average Bonchev–Trinajstić information content (AvgIpc) is 3.41. The van der Waals surface area contributed by atoms with Gasteiger partial charge in [0.1, 0.15) is 31.3 Å². The molecule has 250 valence electrons. The maximum atomic E-state index is 14.0. The molecule has 2 aliphatic rings. The first-order valence-corrected chi connectivity index (χ1v) is 16.4. The lowest BCUT2D eigenvalue weighted by atomic mass is 9.93. The molecule has 1 aromatic heterocycles. The SMILES string of the molecule is CCC(C)[C@@H]1NC(=O)[C@H](Cc2cn(OC)c3ccccc23)NC(=O)[C@H](CCCCCC(=O)C(C)=O)NC(=O)[C@H]2CCCCN2C1=O. The maximum absolute atomic E-state index is 14.0. The van der Waals surface area contributed by atoms with Gasteiger partial charge in [-0.3, -0.25) is 28.8 Å². The zero-order valence-corrected chi connectivity index (χ0v) is 27.3. The van der Waals surface area contributed by atoms with Crippen molar-refractivity contribution in [3.05, 3.63) is 36.0 Å². The topological polar surface area (TPSA) is 156 Å². The first-order chi connectivity index (χ1) is 22.0. The second kappa shape index (κ2) is 15.9. The number of nitrogens with one attached hydrogen (secondary N) is 3. The second-order valence-corrected chi connectivity index (χ2v) is 12.5. The van der Waals surface area contributed by atoms with Crippen LogP contribution in [0.5, 0.6) is 0 Å². The van der Waals surface area contributed by atoms with E-state index in [-0.39, 0.29) is 31.1 Å². The Kier molecular flexibility index (Phi) is 11.9. The van der Waals surface area contributed by atoms with Gasteiger partial charge in [0.05, 0.1) is 5.52 Å². The van der Waals surface area contributed by atoms with Gasteiger partial charge in [-0.25, -0.2) is 0 Å². The number of nitrogens with zero attached hydrogens (tertiary/aromatic N) is 2. The molecule has 1 aromatic carbocycles. The number of fused-ring (bicyclic) bond motifs is 2. The zero-order chi connectivity index (χ0) is 33.4. The minimum atomic E-state index is -1.05. The van der Waals surface area contributed by atoms with Crippen molar-refractivity contribution in [1.29, 1.82) is 0 Å². The Morgan fingerprint density at radius 2 is 1.67 bits per heavy atom. The first-order valence-electron chi connectivity index (χ1n) is 16.4. The molecule has 2 aliphatic heterocycles. The van der Waals surface area contributed by atoms with Gasteiger partial charge in [-0.2, -0.15) is 4.73 Å². The van der Waals surface area contributed by atoms with Gasteiger partial charge in [0, 0.05) is 37.9 Å². The van der Waals surface area contributed by atoms with Crippen LogP contribution >= 0.6 is 0 Å². The molecule has 0 aliphatic carbocycles. The number of ketones is 2. The molecular weight excluding hydrogens is 590 g/mol. The Bertz CT molecular complexity index is 1450. The molecule has 0 bridgehead atoms. The van der Waals surface area contributed by atoms with Crippen molar-refractivity contribution in [1.82, 2.24) is 25.6 Å². The van der Waals surface area contributed by atoms with Gasteiger partial charge < -0.3 is 25.7 Å². The minimum Gasteiger partial charge on any atom is -0.417 e. The molecule has 2 saturated heterocycles. The van der Waals surface area contributed by atoms with Gasteiger partial charge in [-0.15, -0.1) is 0 Å². The molecule has 3 heterocycles. The second-order valence-electron chi connectivity index (χ2n) is 12.5. The van der Waals surface area contributed by atoms with E-state index >= 15 is 0 Å². The van der Waals surface area contributed by atoms with Crippen LogP contribution in [0.25, 0.3) is 10.9 Å². The van der Waals surface area contributed by atoms with Crippen LogP contribution in [0.4, 0.5) is 0 Å². The van der Waals surface area contributed by atoms with E-state index in [0.717, 1.165) is 29.3 Å². The van der Waals surface area contributed by atoms with Crippen LogP contribution < -0.4 is 20.8 Å². The van der Waals surface area contributed by atoms with E-state index in [1.165, 1.54) is 6.92 Å². The summed E-state index contributed by atoms with van der Waals surface area (Å²) >= 11 is 0. The summed E-state index contributed by atoms with van der Waals surface area (Å²) in [7, 11) is 1.54. The fraction of sp³-hybridized carbons (Fsp3) is 0.588. The van der Waals surface area contributed by atoms with E-state index in [0.29, 0.717) is 38.6 Å². The van der Waals surface area contributed by atoms with Crippen LogP contribution in [0.15, 0.2) is 30.5 Å². The number of carbonyl (C=O) groups is 6. The third-order valence-electron chi connectivity index (χ3n) is 9.30. The van der Waals surface area contributed by atoms with Crippen molar-refractivity contribution in [3.63, 3.8) is 0 Å². The van der Waals surface area contributed by atoms with E-state index in [4.69, 9.17) is 4.84 Å². The summed E-state index contributed by atoms with van der Waals surface area (Å²) in [5.41, 5.74) is 1.57. The summed E-state index contributed by atoms with van der Waals surface area (Å²) < 4.78 is 1.60. The minimum absolute atomic E-state index is 0.121. The Morgan fingerprint density at radius 1 is 0.957 bits per heavy atom. The summed E-state index contributed by atoms with van der Waals surface area (Å²) in [5.74, 6) is -2.80. The van der Waals surface area contributed by atoms with Crippen molar-refractivity contribution >= 4 is 46.1 Å². The van der Waals surface area contributed by atoms with E-state index < -0.39 is 53.5 Å². The monoisotopic (exact) mass is 637 g/mol. The van der Waals surface area contributed by atoms with Gasteiger partial charge in [0.2, 0.25) is 23.6 Å². The van der Waals surface area contributed by atoms with Crippen molar-refractivity contribution in [3.8, 4) is 0 Å². The summed E-state index contributed by atoms with van der Waals surface area (Å²) in [6.45, 7) is 5.48. The van der Waals surface area contributed by atoms with Crippen LogP contribution in [0.3, 0.4) is 0 Å². The predicted octanol–water partition coefficient (Wildman–Crippen LogP) is 2.25. The van der Waals surface area contributed by atoms with Gasteiger partial charge in [-0.1, -0.05) is 51.3 Å². The Hall–Kier alpha value is -4.22. The molecule has 4 amide bonds. The smallest absolute Gasteiger partial charge is 0.246 e. The summed E-state index contributed by atoms with van der Waals surface area (Å²) in [5, 5.41) is 9.61. The normalized spacial score (nSPS) is 23.3. The van der Waals surface area contributed by atoms with Crippen LogP contribution in [0.1, 0.15) is 84.1 Å². The third-order valence-corrected chi connectivity index (χ3v) is 9.30. The molecule has 2 aromatic rings. The molecule has 0 spiro atoms. The molecule has 2 fully saturated rings. The number of hydrogen-bond acceptors (Lipinski definition) is 7. The van der Waals surface area contributed by atoms with E-state index in [2.05, 4.69) is 16.0 Å². The highest BCUT2D eigenvalue weighted by Gasteiger charge is 2.40. The van der Waals surface area contributed by atoms with Gasteiger partial charge in [0.15, 0.2) is 11.6 Å². The lowest BCUT2D eigenvalue weighted by Crippen LogP contribution is -2.64. The average molecular weight is 638 g/mol. The summed E-state index contributed by atoms with van der Waals surface area (Å²) in [4.78, 5) is 85.8. The maximum Gasteiger partial charge on any atom is 0.246 e. The fourth-order valence-electron chi connectivity index (χ4n) is 6.34. The van der Waals surface area contributed by atoms with Crippen LogP contribution in [0.2, 0.25) is 0 Å². The number of Topliss-reactive ketones (excluding diaryl/α,β-unsaturated/α-hetero) is 2. The fourth-order valence-corrected chi connectivity index (χ4v) is 6.34. The molecule has 1 unspecified atom stereocenters.